The van der Waals surface area contributed by atoms with Gasteiger partial charge < -0.3 is 4.57 Å². The minimum absolute atomic E-state index is 0.0702. The number of aromatic nitrogens is 2. The Morgan fingerprint density at radius 1 is 1.23 bits per heavy atom. The van der Waals surface area contributed by atoms with Crippen LogP contribution in [0, 0.1) is 30.1 Å². The minimum atomic E-state index is -3.61. The van der Waals surface area contributed by atoms with Gasteiger partial charge in [0.15, 0.2) is 0 Å². The standard InChI is InChI=1S/C24H26N4O2S/c1-15-3-10-23-20(11-15)21(12-25)24(28(23)14-17-4-5-17)22-9-8-19(13-26-22)31(29,30)27-16(2)18-6-7-18/h3,8-11,13,16-18,27H,4-7,14H2,1-2H3/t16-/m0/s1. The van der Waals surface area contributed by atoms with E-state index in [0.717, 1.165) is 41.5 Å². The Hall–Kier alpha value is -2.69. The van der Waals surface area contributed by atoms with E-state index in [1.807, 2.05) is 19.9 Å². The van der Waals surface area contributed by atoms with Crippen molar-refractivity contribution in [3.63, 3.8) is 0 Å². The Labute approximate surface area is 183 Å². The molecule has 2 aromatic heterocycles. The number of rotatable bonds is 7. The number of pyridine rings is 1. The van der Waals surface area contributed by atoms with Crippen molar-refractivity contribution in [2.45, 2.75) is 57.0 Å². The second-order valence-electron chi connectivity index (χ2n) is 9.04. The van der Waals surface area contributed by atoms with Crippen LogP contribution in [0.15, 0.2) is 41.4 Å². The zero-order chi connectivity index (χ0) is 21.8. The summed E-state index contributed by atoms with van der Waals surface area (Å²) in [6, 6.07) is 11.8. The number of nitrogens with one attached hydrogen (secondary N) is 1. The Morgan fingerprint density at radius 2 is 2.00 bits per heavy atom. The van der Waals surface area contributed by atoms with Crippen molar-refractivity contribution < 1.29 is 8.42 Å². The summed E-state index contributed by atoms with van der Waals surface area (Å²) in [6.07, 6.45) is 5.94. The van der Waals surface area contributed by atoms with Crippen molar-refractivity contribution in [2.75, 3.05) is 0 Å². The maximum absolute atomic E-state index is 12.7. The summed E-state index contributed by atoms with van der Waals surface area (Å²) in [5.41, 5.74) is 4.13. The lowest BCUT2D eigenvalue weighted by molar-refractivity contribution is 0.538. The molecule has 2 saturated carbocycles. The number of aryl methyl sites for hydroxylation is 1. The van der Waals surface area contributed by atoms with E-state index in [0.29, 0.717) is 23.1 Å². The number of benzene rings is 1. The zero-order valence-electron chi connectivity index (χ0n) is 17.8. The first-order valence-electron chi connectivity index (χ1n) is 10.9. The molecular weight excluding hydrogens is 408 g/mol. The van der Waals surface area contributed by atoms with E-state index < -0.39 is 10.0 Å². The maximum atomic E-state index is 12.7. The van der Waals surface area contributed by atoms with Gasteiger partial charge in [0, 0.05) is 29.7 Å². The summed E-state index contributed by atoms with van der Waals surface area (Å²) in [6.45, 7) is 4.78. The lowest BCUT2D eigenvalue weighted by Crippen LogP contribution is -2.34. The number of sulfonamides is 1. The van der Waals surface area contributed by atoms with Gasteiger partial charge in [-0.1, -0.05) is 11.6 Å². The van der Waals surface area contributed by atoms with Crippen LogP contribution in [-0.2, 0) is 16.6 Å². The van der Waals surface area contributed by atoms with Crippen molar-refractivity contribution >= 4 is 20.9 Å². The topological polar surface area (TPSA) is 87.8 Å². The molecule has 2 aliphatic rings. The van der Waals surface area contributed by atoms with Gasteiger partial charge in [0.1, 0.15) is 11.0 Å². The van der Waals surface area contributed by atoms with Crippen molar-refractivity contribution in [1.82, 2.24) is 14.3 Å². The van der Waals surface area contributed by atoms with Gasteiger partial charge >= 0.3 is 0 Å². The van der Waals surface area contributed by atoms with Gasteiger partial charge in [-0.25, -0.2) is 13.1 Å². The minimum Gasteiger partial charge on any atom is -0.338 e. The highest BCUT2D eigenvalue weighted by molar-refractivity contribution is 7.89. The quantitative estimate of drug-likeness (QED) is 0.598. The van der Waals surface area contributed by atoms with E-state index in [2.05, 4.69) is 32.5 Å². The molecule has 1 N–H and O–H groups in total. The predicted octanol–water partition coefficient (Wildman–Crippen LogP) is 4.37. The first kappa shape index (κ1) is 20.2. The molecule has 3 aromatic rings. The SMILES string of the molecule is Cc1ccc2c(c1)c(C#N)c(-c1ccc(S(=O)(=O)N[C@@H](C)C3CC3)cn1)n2CC1CC1. The van der Waals surface area contributed by atoms with Gasteiger partial charge in [0.25, 0.3) is 0 Å². The molecule has 160 valence electrons. The Bertz CT molecular complexity index is 1290. The molecule has 2 aliphatic carbocycles. The van der Waals surface area contributed by atoms with E-state index in [4.69, 9.17) is 0 Å². The lowest BCUT2D eigenvalue weighted by Gasteiger charge is -2.14. The fourth-order valence-corrected chi connectivity index (χ4v) is 5.54. The molecule has 1 atom stereocenters. The third-order valence-corrected chi connectivity index (χ3v) is 7.97. The van der Waals surface area contributed by atoms with E-state index in [1.54, 1.807) is 12.1 Å². The van der Waals surface area contributed by atoms with Gasteiger partial charge in [0.2, 0.25) is 10.0 Å². The van der Waals surface area contributed by atoms with Gasteiger partial charge in [-0.05, 0) is 75.6 Å². The lowest BCUT2D eigenvalue weighted by atomic mass is 10.1. The van der Waals surface area contributed by atoms with Crippen LogP contribution in [0.25, 0.3) is 22.3 Å². The molecule has 0 bridgehead atoms. The van der Waals surface area contributed by atoms with Crippen LogP contribution >= 0.6 is 0 Å². The van der Waals surface area contributed by atoms with Crippen LogP contribution < -0.4 is 4.72 Å². The van der Waals surface area contributed by atoms with Crippen molar-refractivity contribution in [3.05, 3.63) is 47.7 Å². The van der Waals surface area contributed by atoms with Crippen LogP contribution in [0.4, 0.5) is 0 Å². The number of fused-ring (bicyclic) bond motifs is 1. The van der Waals surface area contributed by atoms with Gasteiger partial charge in [0.05, 0.1) is 17.0 Å². The second-order valence-corrected chi connectivity index (χ2v) is 10.8. The molecule has 6 nitrogen and oxygen atoms in total. The van der Waals surface area contributed by atoms with Crippen LogP contribution in [0.3, 0.4) is 0 Å². The first-order chi connectivity index (χ1) is 14.9. The predicted molar refractivity (Wildman–Crippen MR) is 120 cm³/mol. The van der Waals surface area contributed by atoms with Crippen molar-refractivity contribution in [1.29, 1.82) is 5.26 Å². The molecule has 1 aromatic carbocycles. The van der Waals surface area contributed by atoms with Crippen LogP contribution in [-0.4, -0.2) is 24.0 Å². The summed E-state index contributed by atoms with van der Waals surface area (Å²) >= 11 is 0. The fourth-order valence-electron chi connectivity index (χ4n) is 4.28. The van der Waals surface area contributed by atoms with Crippen molar-refractivity contribution in [3.8, 4) is 17.5 Å². The number of nitrogens with zero attached hydrogens (tertiary/aromatic N) is 3. The summed E-state index contributed by atoms with van der Waals surface area (Å²) < 4.78 is 30.4. The molecule has 0 aliphatic heterocycles. The molecule has 31 heavy (non-hydrogen) atoms. The van der Waals surface area contributed by atoms with E-state index in [9.17, 15) is 13.7 Å². The van der Waals surface area contributed by atoms with Crippen molar-refractivity contribution in [2.24, 2.45) is 11.8 Å². The van der Waals surface area contributed by atoms with E-state index in [1.165, 1.54) is 19.0 Å². The first-order valence-corrected chi connectivity index (χ1v) is 12.4. The molecule has 0 spiro atoms. The molecule has 5 rings (SSSR count). The van der Waals surface area contributed by atoms with Crippen LogP contribution in [0.2, 0.25) is 0 Å². The Balaban J connectivity index is 1.56. The van der Waals surface area contributed by atoms with Gasteiger partial charge in [-0.3, -0.25) is 4.98 Å². The Morgan fingerprint density at radius 3 is 2.61 bits per heavy atom. The molecule has 0 radical (unpaired) electrons. The summed E-state index contributed by atoms with van der Waals surface area (Å²) in [5.74, 6) is 1.05. The third kappa shape index (κ3) is 3.86. The van der Waals surface area contributed by atoms with E-state index >= 15 is 0 Å². The number of hydrogen-bond acceptors (Lipinski definition) is 4. The maximum Gasteiger partial charge on any atom is 0.242 e. The van der Waals surface area contributed by atoms with Gasteiger partial charge in [-0.15, -0.1) is 0 Å². The summed E-state index contributed by atoms with van der Waals surface area (Å²) in [7, 11) is -3.61. The molecular formula is C24H26N4O2S. The van der Waals surface area contributed by atoms with E-state index in [-0.39, 0.29) is 10.9 Å². The fraction of sp³-hybridized carbons (Fsp3) is 0.417. The molecule has 7 heteroatoms. The number of hydrogen-bond donors (Lipinski definition) is 1. The largest absolute Gasteiger partial charge is 0.338 e. The second kappa shape index (κ2) is 7.47. The smallest absolute Gasteiger partial charge is 0.242 e. The molecule has 0 unspecified atom stereocenters. The monoisotopic (exact) mass is 434 g/mol. The van der Waals surface area contributed by atoms with Gasteiger partial charge in [-0.2, -0.15) is 5.26 Å². The highest BCUT2D eigenvalue weighted by Gasteiger charge is 2.31. The Kier molecular flexibility index (Phi) is 4.87. The number of nitriles is 1. The average Bonchev–Trinajstić information content (AvgIpc) is 3.65. The molecule has 2 heterocycles. The molecule has 2 fully saturated rings. The molecule has 0 amide bonds. The zero-order valence-corrected chi connectivity index (χ0v) is 18.6. The highest BCUT2D eigenvalue weighted by atomic mass is 32.2. The third-order valence-electron chi connectivity index (χ3n) is 6.43. The average molecular weight is 435 g/mol. The summed E-state index contributed by atoms with van der Waals surface area (Å²) in [4.78, 5) is 4.66. The molecule has 0 saturated heterocycles. The normalized spacial score (nSPS) is 17.6. The summed E-state index contributed by atoms with van der Waals surface area (Å²) in [5, 5.41) is 10.9. The van der Waals surface area contributed by atoms with Crippen LogP contribution in [0.5, 0.6) is 0 Å². The highest BCUT2D eigenvalue weighted by Crippen LogP contribution is 2.38. The van der Waals surface area contributed by atoms with Crippen LogP contribution in [0.1, 0.15) is 43.7 Å².